The molecule has 0 saturated carbocycles. The molecule has 1 heterocycles. The van der Waals surface area contributed by atoms with Gasteiger partial charge < -0.3 is 10.2 Å². The SMILES string of the molecule is CCCN(C(=O)c1ccc(C(C)(C)C)c([N+](=O)[O-])c1)C1CCNCC1.Cl. The van der Waals surface area contributed by atoms with Gasteiger partial charge in [0.2, 0.25) is 0 Å². The number of rotatable bonds is 5. The van der Waals surface area contributed by atoms with E-state index in [1.54, 1.807) is 12.1 Å². The van der Waals surface area contributed by atoms with Crippen LogP contribution in [0.15, 0.2) is 18.2 Å². The molecule has 1 aromatic rings. The number of piperidine rings is 1. The van der Waals surface area contributed by atoms with Gasteiger partial charge in [0.1, 0.15) is 0 Å². The molecular formula is C19H30ClN3O3. The van der Waals surface area contributed by atoms with Crippen LogP contribution in [0.5, 0.6) is 0 Å². The molecule has 0 bridgehead atoms. The Balaban J connectivity index is 0.00000338. The minimum atomic E-state index is -0.383. The van der Waals surface area contributed by atoms with Crippen molar-refractivity contribution >= 4 is 24.0 Å². The molecule has 0 unspecified atom stereocenters. The minimum absolute atomic E-state index is 0. The number of nitro groups is 1. The number of carbonyl (C=O) groups is 1. The number of halogens is 1. The Morgan fingerprint density at radius 1 is 1.31 bits per heavy atom. The van der Waals surface area contributed by atoms with E-state index in [0.29, 0.717) is 17.7 Å². The van der Waals surface area contributed by atoms with Crippen LogP contribution < -0.4 is 5.32 Å². The molecule has 1 N–H and O–H groups in total. The largest absolute Gasteiger partial charge is 0.336 e. The summed E-state index contributed by atoms with van der Waals surface area (Å²) in [5.74, 6) is -0.0997. The van der Waals surface area contributed by atoms with E-state index in [1.807, 2.05) is 32.6 Å². The lowest BCUT2D eigenvalue weighted by molar-refractivity contribution is -0.386. The van der Waals surface area contributed by atoms with E-state index in [4.69, 9.17) is 0 Å². The van der Waals surface area contributed by atoms with Crippen molar-refractivity contribution in [2.75, 3.05) is 19.6 Å². The Hall–Kier alpha value is -1.66. The predicted octanol–water partition coefficient (Wildman–Crippen LogP) is 3.92. The third-order valence-corrected chi connectivity index (χ3v) is 4.72. The van der Waals surface area contributed by atoms with Crippen LogP contribution in [-0.2, 0) is 5.41 Å². The van der Waals surface area contributed by atoms with Crippen molar-refractivity contribution in [2.45, 2.75) is 58.4 Å². The smallest absolute Gasteiger partial charge is 0.273 e. The highest BCUT2D eigenvalue weighted by atomic mass is 35.5. The van der Waals surface area contributed by atoms with Gasteiger partial charge in [-0.15, -0.1) is 12.4 Å². The van der Waals surface area contributed by atoms with E-state index in [0.717, 1.165) is 32.4 Å². The zero-order valence-corrected chi connectivity index (χ0v) is 16.9. The van der Waals surface area contributed by atoms with Crippen LogP contribution in [0.1, 0.15) is 62.9 Å². The van der Waals surface area contributed by atoms with Gasteiger partial charge >= 0.3 is 0 Å². The fourth-order valence-corrected chi connectivity index (χ4v) is 3.42. The van der Waals surface area contributed by atoms with Gasteiger partial charge in [-0.25, -0.2) is 0 Å². The van der Waals surface area contributed by atoms with E-state index in [1.165, 1.54) is 6.07 Å². The molecule has 1 aromatic carbocycles. The van der Waals surface area contributed by atoms with Gasteiger partial charge in [-0.05, 0) is 43.8 Å². The topological polar surface area (TPSA) is 75.5 Å². The Labute approximate surface area is 161 Å². The molecule has 2 rings (SSSR count). The summed E-state index contributed by atoms with van der Waals surface area (Å²) in [5, 5.41) is 14.8. The van der Waals surface area contributed by atoms with Crippen molar-refractivity contribution in [1.29, 1.82) is 0 Å². The molecule has 0 atom stereocenters. The fourth-order valence-electron chi connectivity index (χ4n) is 3.42. The quantitative estimate of drug-likeness (QED) is 0.617. The van der Waals surface area contributed by atoms with Crippen LogP contribution >= 0.6 is 12.4 Å². The van der Waals surface area contributed by atoms with Crippen molar-refractivity contribution in [3.63, 3.8) is 0 Å². The highest BCUT2D eigenvalue weighted by molar-refractivity contribution is 5.95. The number of nitro benzene ring substituents is 1. The Morgan fingerprint density at radius 3 is 2.42 bits per heavy atom. The molecule has 7 heteroatoms. The first-order chi connectivity index (χ1) is 11.8. The van der Waals surface area contributed by atoms with Crippen molar-refractivity contribution in [1.82, 2.24) is 10.2 Å². The molecular weight excluding hydrogens is 354 g/mol. The minimum Gasteiger partial charge on any atom is -0.336 e. The van der Waals surface area contributed by atoms with Gasteiger partial charge in [0.05, 0.1) is 4.92 Å². The van der Waals surface area contributed by atoms with E-state index >= 15 is 0 Å². The number of hydrogen-bond donors (Lipinski definition) is 1. The summed E-state index contributed by atoms with van der Waals surface area (Å²) in [7, 11) is 0. The molecule has 0 radical (unpaired) electrons. The third kappa shape index (κ3) is 5.17. The summed E-state index contributed by atoms with van der Waals surface area (Å²) in [5.41, 5.74) is 0.743. The van der Waals surface area contributed by atoms with Crippen LogP contribution in [-0.4, -0.2) is 41.4 Å². The second-order valence-corrected chi connectivity index (χ2v) is 7.72. The van der Waals surface area contributed by atoms with Crippen LogP contribution in [0, 0.1) is 10.1 Å². The molecule has 1 saturated heterocycles. The number of benzene rings is 1. The van der Waals surface area contributed by atoms with Gasteiger partial charge in [0.15, 0.2) is 0 Å². The van der Waals surface area contributed by atoms with Crippen molar-refractivity contribution in [2.24, 2.45) is 0 Å². The Bertz CT molecular complexity index is 637. The lowest BCUT2D eigenvalue weighted by Crippen LogP contribution is -2.46. The standard InChI is InChI=1S/C19H29N3O3.ClH/c1-5-12-21(15-8-10-20-11-9-15)18(23)14-6-7-16(19(2,3)4)17(13-14)22(24)25;/h6-7,13,15,20H,5,8-12H2,1-4H3;1H. The highest BCUT2D eigenvalue weighted by Crippen LogP contribution is 2.32. The second kappa shape index (κ2) is 9.33. The summed E-state index contributed by atoms with van der Waals surface area (Å²) in [6, 6.07) is 5.12. The average molecular weight is 384 g/mol. The molecule has 146 valence electrons. The number of carbonyl (C=O) groups excluding carboxylic acids is 1. The molecule has 6 nitrogen and oxygen atoms in total. The Morgan fingerprint density at radius 2 is 1.92 bits per heavy atom. The van der Waals surface area contributed by atoms with E-state index in [-0.39, 0.29) is 40.4 Å². The maximum atomic E-state index is 13.1. The molecule has 1 aliphatic rings. The summed E-state index contributed by atoms with van der Waals surface area (Å²) in [6.07, 6.45) is 2.72. The van der Waals surface area contributed by atoms with Gasteiger partial charge in [0.25, 0.3) is 11.6 Å². The second-order valence-electron chi connectivity index (χ2n) is 7.72. The van der Waals surface area contributed by atoms with Crippen LogP contribution in [0.2, 0.25) is 0 Å². The fraction of sp³-hybridized carbons (Fsp3) is 0.632. The monoisotopic (exact) mass is 383 g/mol. The maximum Gasteiger partial charge on any atom is 0.273 e. The molecule has 0 spiro atoms. The highest BCUT2D eigenvalue weighted by Gasteiger charge is 2.29. The third-order valence-electron chi connectivity index (χ3n) is 4.72. The van der Waals surface area contributed by atoms with Gasteiger partial charge in [-0.1, -0.05) is 33.8 Å². The van der Waals surface area contributed by atoms with Crippen LogP contribution in [0.3, 0.4) is 0 Å². The number of hydrogen-bond acceptors (Lipinski definition) is 4. The van der Waals surface area contributed by atoms with Gasteiger partial charge in [-0.2, -0.15) is 0 Å². The predicted molar refractivity (Wildman–Crippen MR) is 106 cm³/mol. The van der Waals surface area contributed by atoms with Gasteiger partial charge in [0, 0.05) is 29.8 Å². The maximum absolute atomic E-state index is 13.1. The van der Waals surface area contributed by atoms with E-state index in [2.05, 4.69) is 5.32 Å². The van der Waals surface area contributed by atoms with E-state index in [9.17, 15) is 14.9 Å². The molecule has 0 aliphatic carbocycles. The zero-order valence-electron chi connectivity index (χ0n) is 16.1. The number of nitrogens with one attached hydrogen (secondary N) is 1. The number of nitrogens with zero attached hydrogens (tertiary/aromatic N) is 2. The summed E-state index contributed by atoms with van der Waals surface area (Å²) < 4.78 is 0. The molecule has 0 aromatic heterocycles. The zero-order chi connectivity index (χ0) is 18.6. The first-order valence-corrected chi connectivity index (χ1v) is 9.06. The normalized spacial score (nSPS) is 15.2. The molecule has 1 aliphatic heterocycles. The lowest BCUT2D eigenvalue weighted by Gasteiger charge is -2.34. The average Bonchev–Trinajstić information content (AvgIpc) is 2.58. The summed E-state index contributed by atoms with van der Waals surface area (Å²) in [6.45, 7) is 10.4. The van der Waals surface area contributed by atoms with Crippen molar-refractivity contribution in [3.05, 3.63) is 39.4 Å². The number of amides is 1. The molecule has 1 amide bonds. The van der Waals surface area contributed by atoms with Crippen LogP contribution in [0.25, 0.3) is 0 Å². The first-order valence-electron chi connectivity index (χ1n) is 9.06. The summed E-state index contributed by atoms with van der Waals surface area (Å²) >= 11 is 0. The van der Waals surface area contributed by atoms with Gasteiger partial charge in [-0.3, -0.25) is 14.9 Å². The Kier molecular flexibility index (Phi) is 8.03. The molecule has 1 fully saturated rings. The van der Waals surface area contributed by atoms with Crippen LogP contribution in [0.4, 0.5) is 5.69 Å². The lowest BCUT2D eigenvalue weighted by atomic mass is 9.85. The first kappa shape index (κ1) is 22.4. The van der Waals surface area contributed by atoms with Crippen molar-refractivity contribution < 1.29 is 9.72 Å². The van der Waals surface area contributed by atoms with Crippen molar-refractivity contribution in [3.8, 4) is 0 Å². The molecule has 26 heavy (non-hydrogen) atoms. The van der Waals surface area contributed by atoms with E-state index < -0.39 is 0 Å². The summed E-state index contributed by atoms with van der Waals surface area (Å²) in [4.78, 5) is 26.1.